The van der Waals surface area contributed by atoms with Gasteiger partial charge in [-0.05, 0) is 25.7 Å². The van der Waals surface area contributed by atoms with Crippen molar-refractivity contribution in [3.8, 4) is 0 Å². The molecule has 0 amide bonds. The molecule has 1 saturated carbocycles. The summed E-state index contributed by atoms with van der Waals surface area (Å²) in [5, 5.41) is 6.87. The van der Waals surface area contributed by atoms with Crippen LogP contribution in [0.5, 0.6) is 0 Å². The smallest absolute Gasteiger partial charge is 0.187 e. The maximum Gasteiger partial charge on any atom is 0.187 e. The molecule has 15 heavy (non-hydrogen) atoms. The summed E-state index contributed by atoms with van der Waals surface area (Å²) in [5.74, 6) is 0.334. The van der Waals surface area contributed by atoms with Crippen LogP contribution in [-0.4, -0.2) is 16.0 Å². The maximum absolute atomic E-state index is 12.4. The van der Waals surface area contributed by atoms with E-state index in [-0.39, 0.29) is 5.41 Å². The molecule has 80 valence electrons. The Kier molecular flexibility index (Phi) is 1.94. The molecule has 1 aromatic rings. The monoisotopic (exact) mass is 204 g/mol. The molecule has 1 N–H and O–H groups in total. The lowest BCUT2D eigenvalue weighted by Crippen LogP contribution is -2.37. The minimum absolute atomic E-state index is 0.0300. The molecule has 1 spiro atoms. The summed E-state index contributed by atoms with van der Waals surface area (Å²) in [7, 11) is 0. The lowest BCUT2D eigenvalue weighted by Gasteiger charge is -2.38. The zero-order valence-electron chi connectivity index (χ0n) is 8.88. The average molecular weight is 204 g/mol. The van der Waals surface area contributed by atoms with E-state index >= 15 is 0 Å². The Labute approximate surface area is 89.3 Å². The van der Waals surface area contributed by atoms with Crippen molar-refractivity contribution in [1.82, 2.24) is 10.2 Å². The number of nitrogens with one attached hydrogen (secondary N) is 1. The number of Topliss-reactive ketones (excluding diaryl/α,β-unsaturated/α-hetero) is 1. The molecule has 1 aromatic heterocycles. The maximum atomic E-state index is 12.4. The standard InChI is InChI=1S/C12H16N2O/c15-11-10-9(8-13-14-10)4-7-12(11)5-2-1-3-6-12/h8H,1-7H2,(H,13,14). The van der Waals surface area contributed by atoms with Gasteiger partial charge >= 0.3 is 0 Å². The molecule has 0 unspecified atom stereocenters. The van der Waals surface area contributed by atoms with Gasteiger partial charge in [0.15, 0.2) is 5.78 Å². The molecule has 2 aliphatic carbocycles. The molecule has 2 aliphatic rings. The number of aromatic amines is 1. The number of nitrogens with zero attached hydrogens (tertiary/aromatic N) is 1. The Balaban J connectivity index is 1.98. The first kappa shape index (κ1) is 9.13. The van der Waals surface area contributed by atoms with Crippen LogP contribution in [0.4, 0.5) is 0 Å². The van der Waals surface area contributed by atoms with Gasteiger partial charge in [0, 0.05) is 11.0 Å². The number of ketones is 1. The highest BCUT2D eigenvalue weighted by Gasteiger charge is 2.43. The van der Waals surface area contributed by atoms with Crippen LogP contribution in [0.15, 0.2) is 6.20 Å². The molecule has 1 fully saturated rings. The van der Waals surface area contributed by atoms with Crippen LogP contribution in [0.1, 0.15) is 54.6 Å². The van der Waals surface area contributed by atoms with Crippen molar-refractivity contribution in [3.63, 3.8) is 0 Å². The third-order valence-corrected chi connectivity index (χ3v) is 4.11. The minimum atomic E-state index is -0.0300. The van der Waals surface area contributed by atoms with E-state index in [4.69, 9.17) is 0 Å². The number of carbonyl (C=O) groups is 1. The molecule has 3 heteroatoms. The van der Waals surface area contributed by atoms with Crippen LogP contribution < -0.4 is 0 Å². The first-order valence-electron chi connectivity index (χ1n) is 5.89. The Morgan fingerprint density at radius 2 is 2.00 bits per heavy atom. The van der Waals surface area contributed by atoms with Crippen molar-refractivity contribution in [2.45, 2.75) is 44.9 Å². The van der Waals surface area contributed by atoms with Crippen LogP contribution in [0.2, 0.25) is 0 Å². The predicted octanol–water partition coefficient (Wildman–Crippen LogP) is 2.49. The van der Waals surface area contributed by atoms with Crippen molar-refractivity contribution in [1.29, 1.82) is 0 Å². The Morgan fingerprint density at radius 3 is 2.80 bits per heavy atom. The number of hydrogen-bond donors (Lipinski definition) is 1. The van der Waals surface area contributed by atoms with Gasteiger partial charge in [0.1, 0.15) is 5.69 Å². The van der Waals surface area contributed by atoms with Crippen LogP contribution in [0.3, 0.4) is 0 Å². The lowest BCUT2D eigenvalue weighted by molar-refractivity contribution is 0.0663. The number of fused-ring (bicyclic) bond motifs is 1. The molecule has 0 radical (unpaired) electrons. The largest absolute Gasteiger partial charge is 0.292 e. The summed E-state index contributed by atoms with van der Waals surface area (Å²) < 4.78 is 0. The molecule has 0 bridgehead atoms. The number of carbonyl (C=O) groups excluding carboxylic acids is 1. The quantitative estimate of drug-likeness (QED) is 0.705. The van der Waals surface area contributed by atoms with E-state index in [1.165, 1.54) is 19.3 Å². The van der Waals surface area contributed by atoms with Crippen molar-refractivity contribution >= 4 is 5.78 Å². The fraction of sp³-hybridized carbons (Fsp3) is 0.667. The van der Waals surface area contributed by atoms with Gasteiger partial charge < -0.3 is 0 Å². The third kappa shape index (κ3) is 1.25. The summed E-state index contributed by atoms with van der Waals surface area (Å²) in [5.41, 5.74) is 1.89. The summed E-state index contributed by atoms with van der Waals surface area (Å²) >= 11 is 0. The summed E-state index contributed by atoms with van der Waals surface area (Å²) in [6.07, 6.45) is 9.78. The van der Waals surface area contributed by atoms with Gasteiger partial charge in [0.25, 0.3) is 0 Å². The number of aryl methyl sites for hydroxylation is 1. The molecule has 3 rings (SSSR count). The Morgan fingerprint density at radius 1 is 1.20 bits per heavy atom. The molecule has 1 heterocycles. The van der Waals surface area contributed by atoms with Crippen molar-refractivity contribution in [2.24, 2.45) is 5.41 Å². The number of H-pyrrole nitrogens is 1. The highest BCUT2D eigenvalue weighted by atomic mass is 16.1. The van der Waals surface area contributed by atoms with E-state index in [9.17, 15) is 4.79 Å². The molecule has 0 aromatic carbocycles. The van der Waals surface area contributed by atoms with Gasteiger partial charge in [-0.3, -0.25) is 9.89 Å². The number of aromatic nitrogens is 2. The first-order valence-corrected chi connectivity index (χ1v) is 5.89. The molecule has 0 aliphatic heterocycles. The van der Waals surface area contributed by atoms with Crippen LogP contribution >= 0.6 is 0 Å². The molecule has 3 nitrogen and oxygen atoms in total. The fourth-order valence-electron chi connectivity index (χ4n) is 3.16. The normalized spacial score (nSPS) is 24.1. The lowest BCUT2D eigenvalue weighted by atomic mass is 9.64. The van der Waals surface area contributed by atoms with Crippen LogP contribution in [0, 0.1) is 5.41 Å². The third-order valence-electron chi connectivity index (χ3n) is 4.11. The highest BCUT2D eigenvalue weighted by Crippen LogP contribution is 2.45. The van der Waals surface area contributed by atoms with E-state index < -0.39 is 0 Å². The van der Waals surface area contributed by atoms with Crippen LogP contribution in [0.25, 0.3) is 0 Å². The Hall–Kier alpha value is -1.12. The Bertz CT molecular complexity index is 388. The highest BCUT2D eigenvalue weighted by molar-refractivity contribution is 6.01. The topological polar surface area (TPSA) is 45.8 Å². The second-order valence-corrected chi connectivity index (χ2v) is 4.94. The second kappa shape index (κ2) is 3.19. The van der Waals surface area contributed by atoms with Gasteiger partial charge in [0.05, 0.1) is 6.20 Å². The summed E-state index contributed by atoms with van der Waals surface area (Å²) in [6, 6.07) is 0. The van der Waals surface area contributed by atoms with Crippen LogP contribution in [-0.2, 0) is 6.42 Å². The van der Waals surface area contributed by atoms with Gasteiger partial charge in [-0.1, -0.05) is 19.3 Å². The molecule has 0 atom stereocenters. The fourth-order valence-corrected chi connectivity index (χ4v) is 3.16. The van der Waals surface area contributed by atoms with E-state index in [1.54, 1.807) is 0 Å². The van der Waals surface area contributed by atoms with Crippen molar-refractivity contribution in [3.05, 3.63) is 17.5 Å². The molecular formula is C12H16N2O. The molecule has 0 saturated heterocycles. The van der Waals surface area contributed by atoms with Crippen molar-refractivity contribution < 1.29 is 4.79 Å². The first-order chi connectivity index (χ1) is 7.32. The van der Waals surface area contributed by atoms with E-state index in [2.05, 4.69) is 10.2 Å². The SMILES string of the molecule is O=C1c2[nH]ncc2CCC12CCCCC2. The zero-order valence-corrected chi connectivity index (χ0v) is 8.88. The molecular weight excluding hydrogens is 188 g/mol. The van der Waals surface area contributed by atoms with E-state index in [0.29, 0.717) is 5.78 Å². The van der Waals surface area contributed by atoms with Gasteiger partial charge in [-0.25, -0.2) is 0 Å². The minimum Gasteiger partial charge on any atom is -0.292 e. The van der Waals surface area contributed by atoms with E-state index in [0.717, 1.165) is 36.9 Å². The average Bonchev–Trinajstić information content (AvgIpc) is 2.74. The zero-order chi connectivity index (χ0) is 10.3. The van der Waals surface area contributed by atoms with Gasteiger partial charge in [0.2, 0.25) is 0 Å². The predicted molar refractivity (Wildman–Crippen MR) is 56.8 cm³/mol. The second-order valence-electron chi connectivity index (χ2n) is 4.94. The van der Waals surface area contributed by atoms with Crippen molar-refractivity contribution in [2.75, 3.05) is 0 Å². The van der Waals surface area contributed by atoms with E-state index in [1.807, 2.05) is 6.20 Å². The number of hydrogen-bond acceptors (Lipinski definition) is 2. The van der Waals surface area contributed by atoms with Gasteiger partial charge in [-0.15, -0.1) is 0 Å². The summed E-state index contributed by atoms with van der Waals surface area (Å²) in [6.45, 7) is 0. The number of rotatable bonds is 0. The summed E-state index contributed by atoms with van der Waals surface area (Å²) in [4.78, 5) is 12.4. The van der Waals surface area contributed by atoms with Gasteiger partial charge in [-0.2, -0.15) is 5.10 Å².